The number of benzene rings is 1. The lowest BCUT2D eigenvalue weighted by Gasteiger charge is -2.31. The third-order valence-electron chi connectivity index (χ3n) is 4.36. The smallest absolute Gasteiger partial charge is 0.325 e. The molecule has 2 heterocycles. The number of carbonyl (C=O) groups is 1. The number of hydrogen-bond donors (Lipinski definition) is 1. The number of nitrogens with zero attached hydrogens (tertiary/aromatic N) is 2. The minimum atomic E-state index is -4.33. The van der Waals surface area contributed by atoms with Gasteiger partial charge in [0.15, 0.2) is 0 Å². The Bertz CT molecular complexity index is 573. The molecule has 1 amide bonds. The van der Waals surface area contributed by atoms with Crippen LogP contribution in [0, 0.1) is 0 Å². The van der Waals surface area contributed by atoms with Crippen LogP contribution in [0.4, 0.5) is 13.2 Å². The van der Waals surface area contributed by atoms with Crippen LogP contribution >= 0.6 is 11.8 Å². The molecule has 1 aromatic rings. The van der Waals surface area contributed by atoms with Crippen LogP contribution in [0.2, 0.25) is 0 Å². The third kappa shape index (κ3) is 4.04. The molecule has 2 aliphatic rings. The van der Waals surface area contributed by atoms with Crippen molar-refractivity contribution in [1.29, 1.82) is 0 Å². The van der Waals surface area contributed by atoms with E-state index in [1.54, 1.807) is 4.90 Å². The molecular weight excluding hydrogens is 339 g/mol. The van der Waals surface area contributed by atoms with Gasteiger partial charge in [0.25, 0.3) is 0 Å². The molecule has 2 saturated heterocycles. The largest absolute Gasteiger partial charge is 0.416 e. The zero-order valence-corrected chi connectivity index (χ0v) is 14.0. The molecule has 1 atom stereocenters. The van der Waals surface area contributed by atoms with E-state index in [0.29, 0.717) is 12.3 Å². The first kappa shape index (κ1) is 17.6. The quantitative estimate of drug-likeness (QED) is 0.894. The van der Waals surface area contributed by atoms with E-state index in [9.17, 15) is 18.0 Å². The van der Waals surface area contributed by atoms with Gasteiger partial charge in [0.2, 0.25) is 5.91 Å². The average molecular weight is 359 g/mol. The van der Waals surface area contributed by atoms with Crippen LogP contribution < -0.4 is 5.32 Å². The van der Waals surface area contributed by atoms with Crippen molar-refractivity contribution in [2.24, 2.45) is 0 Å². The number of alkyl halides is 3. The summed E-state index contributed by atoms with van der Waals surface area (Å²) in [6.45, 7) is 5.22. The molecule has 132 valence electrons. The van der Waals surface area contributed by atoms with E-state index in [1.165, 1.54) is 23.9 Å². The van der Waals surface area contributed by atoms with Gasteiger partial charge in [-0.15, -0.1) is 11.8 Å². The lowest BCUT2D eigenvalue weighted by Crippen LogP contribution is -2.46. The Kier molecular flexibility index (Phi) is 5.36. The van der Waals surface area contributed by atoms with Crippen LogP contribution in [0.1, 0.15) is 16.5 Å². The Morgan fingerprint density at radius 3 is 2.42 bits per heavy atom. The summed E-state index contributed by atoms with van der Waals surface area (Å²) >= 11 is 1.48. The van der Waals surface area contributed by atoms with Crippen molar-refractivity contribution in [2.75, 3.05) is 45.0 Å². The van der Waals surface area contributed by atoms with E-state index in [4.69, 9.17) is 0 Å². The number of piperazine rings is 1. The highest BCUT2D eigenvalue weighted by Crippen LogP contribution is 2.39. The minimum Gasteiger partial charge on any atom is -0.325 e. The van der Waals surface area contributed by atoms with Gasteiger partial charge >= 0.3 is 6.18 Å². The van der Waals surface area contributed by atoms with Crippen molar-refractivity contribution in [3.05, 3.63) is 35.4 Å². The summed E-state index contributed by atoms with van der Waals surface area (Å²) < 4.78 is 38.0. The highest BCUT2D eigenvalue weighted by Gasteiger charge is 2.34. The van der Waals surface area contributed by atoms with Gasteiger partial charge in [0, 0.05) is 39.3 Å². The van der Waals surface area contributed by atoms with Crippen LogP contribution in [0.25, 0.3) is 0 Å². The van der Waals surface area contributed by atoms with Gasteiger partial charge in [0.1, 0.15) is 5.37 Å². The van der Waals surface area contributed by atoms with Crippen LogP contribution in [0.3, 0.4) is 0 Å². The summed E-state index contributed by atoms with van der Waals surface area (Å²) in [6, 6.07) is 5.15. The van der Waals surface area contributed by atoms with Crippen molar-refractivity contribution in [2.45, 2.75) is 11.6 Å². The highest BCUT2D eigenvalue weighted by atomic mass is 32.2. The van der Waals surface area contributed by atoms with Crippen LogP contribution in [0.15, 0.2) is 24.3 Å². The molecule has 0 radical (unpaired) electrons. The summed E-state index contributed by atoms with van der Waals surface area (Å²) in [5, 5.41) is 3.09. The molecule has 0 aliphatic carbocycles. The van der Waals surface area contributed by atoms with E-state index in [2.05, 4.69) is 10.2 Å². The summed E-state index contributed by atoms with van der Waals surface area (Å²) in [4.78, 5) is 16.2. The van der Waals surface area contributed by atoms with Crippen LogP contribution in [-0.4, -0.2) is 60.7 Å². The molecule has 1 aromatic carbocycles. The molecule has 1 N–H and O–H groups in total. The third-order valence-corrected chi connectivity index (χ3v) is 5.61. The van der Waals surface area contributed by atoms with E-state index in [-0.39, 0.29) is 11.3 Å². The maximum atomic E-state index is 12.7. The minimum absolute atomic E-state index is 0.0556. The van der Waals surface area contributed by atoms with Gasteiger partial charge < -0.3 is 10.2 Å². The Morgan fingerprint density at radius 2 is 1.79 bits per heavy atom. The Morgan fingerprint density at radius 1 is 1.12 bits per heavy atom. The zero-order chi connectivity index (χ0) is 17.2. The van der Waals surface area contributed by atoms with Gasteiger partial charge in [-0.25, -0.2) is 0 Å². The summed E-state index contributed by atoms with van der Waals surface area (Å²) in [6.07, 6.45) is -4.33. The predicted molar refractivity (Wildman–Crippen MR) is 87.7 cm³/mol. The van der Waals surface area contributed by atoms with E-state index >= 15 is 0 Å². The average Bonchev–Trinajstić information content (AvgIpc) is 2.94. The number of rotatable bonds is 4. The summed E-state index contributed by atoms with van der Waals surface area (Å²) in [5.41, 5.74) is 0.0899. The van der Waals surface area contributed by atoms with Crippen molar-refractivity contribution in [3.8, 4) is 0 Å². The summed E-state index contributed by atoms with van der Waals surface area (Å²) in [5.74, 6) is 0.438. The Labute approximate surface area is 143 Å². The van der Waals surface area contributed by atoms with Gasteiger partial charge in [-0.2, -0.15) is 13.2 Å². The first-order chi connectivity index (χ1) is 11.4. The van der Waals surface area contributed by atoms with Crippen molar-refractivity contribution in [1.82, 2.24) is 15.1 Å². The molecule has 0 bridgehead atoms. The maximum Gasteiger partial charge on any atom is 0.416 e. The van der Waals surface area contributed by atoms with Crippen molar-refractivity contribution in [3.63, 3.8) is 0 Å². The molecule has 0 unspecified atom stereocenters. The fourth-order valence-electron chi connectivity index (χ4n) is 2.99. The monoisotopic (exact) mass is 359 g/mol. The number of amides is 1. The second-order valence-corrected chi connectivity index (χ2v) is 7.03. The fourth-order valence-corrected chi connectivity index (χ4v) is 4.21. The molecule has 8 heteroatoms. The standard InChI is InChI=1S/C16H20F3N3OS/c17-16(18,19)13-3-1-12(2-4-13)15-22(14(23)11-24-15)10-9-21-7-5-20-6-8-21/h1-4,15,20H,5-11H2/t15-/m1/s1. The number of carbonyl (C=O) groups excluding carboxylic acids is 1. The Hall–Kier alpha value is -1.25. The van der Waals surface area contributed by atoms with E-state index < -0.39 is 11.7 Å². The zero-order valence-electron chi connectivity index (χ0n) is 13.2. The van der Waals surface area contributed by atoms with Gasteiger partial charge in [0.05, 0.1) is 11.3 Å². The number of nitrogens with one attached hydrogen (secondary N) is 1. The topological polar surface area (TPSA) is 35.6 Å². The molecule has 0 aromatic heterocycles. The van der Waals surface area contributed by atoms with Crippen LogP contribution in [0.5, 0.6) is 0 Å². The SMILES string of the molecule is O=C1CS[C@H](c2ccc(C(F)(F)F)cc2)N1CCN1CCNCC1. The predicted octanol–water partition coefficient (Wildman–Crippen LogP) is 2.18. The highest BCUT2D eigenvalue weighted by molar-refractivity contribution is 8.00. The lowest BCUT2D eigenvalue weighted by molar-refractivity contribution is -0.137. The van der Waals surface area contributed by atoms with Gasteiger partial charge in [-0.3, -0.25) is 9.69 Å². The molecule has 2 aliphatic heterocycles. The van der Waals surface area contributed by atoms with Crippen molar-refractivity contribution < 1.29 is 18.0 Å². The normalized spacial score (nSPS) is 23.0. The molecular formula is C16H20F3N3OS. The van der Waals surface area contributed by atoms with Gasteiger partial charge in [-0.1, -0.05) is 12.1 Å². The molecule has 4 nitrogen and oxygen atoms in total. The molecule has 2 fully saturated rings. The van der Waals surface area contributed by atoms with E-state index in [0.717, 1.165) is 50.4 Å². The van der Waals surface area contributed by atoms with Crippen LogP contribution in [-0.2, 0) is 11.0 Å². The first-order valence-corrected chi connectivity index (χ1v) is 9.01. The first-order valence-electron chi connectivity index (χ1n) is 7.96. The second kappa shape index (κ2) is 7.33. The molecule has 0 saturated carbocycles. The molecule has 0 spiro atoms. The Balaban J connectivity index is 1.66. The van der Waals surface area contributed by atoms with Crippen molar-refractivity contribution >= 4 is 17.7 Å². The number of halogens is 3. The number of thioether (sulfide) groups is 1. The molecule has 3 rings (SSSR count). The number of hydrogen-bond acceptors (Lipinski definition) is 4. The van der Waals surface area contributed by atoms with Gasteiger partial charge in [-0.05, 0) is 17.7 Å². The second-order valence-electron chi connectivity index (χ2n) is 5.96. The maximum absolute atomic E-state index is 12.7. The lowest BCUT2D eigenvalue weighted by atomic mass is 10.1. The summed E-state index contributed by atoms with van der Waals surface area (Å²) in [7, 11) is 0. The van der Waals surface area contributed by atoms with E-state index in [1.807, 2.05) is 0 Å². The molecule has 24 heavy (non-hydrogen) atoms. The fraction of sp³-hybridized carbons (Fsp3) is 0.562.